The Morgan fingerprint density at radius 3 is 2.74 bits per heavy atom. The van der Waals surface area contributed by atoms with Gasteiger partial charge in [-0.1, -0.05) is 30.3 Å². The molecule has 0 aliphatic carbocycles. The Balaban J connectivity index is 1.54. The number of nitrogens with zero attached hydrogens (tertiary/aromatic N) is 2. The van der Waals surface area contributed by atoms with Crippen LogP contribution in [0.5, 0.6) is 5.75 Å². The largest absolute Gasteiger partial charge is 0.490 e. The van der Waals surface area contributed by atoms with Gasteiger partial charge in [0.1, 0.15) is 18.2 Å². The van der Waals surface area contributed by atoms with Gasteiger partial charge in [0, 0.05) is 21.7 Å². The summed E-state index contributed by atoms with van der Waals surface area (Å²) in [5, 5.41) is 5.41. The van der Waals surface area contributed by atoms with E-state index in [9.17, 15) is 14.0 Å². The van der Waals surface area contributed by atoms with Crippen LogP contribution in [-0.4, -0.2) is 43.2 Å². The molecular formula is C25H21FN4O3S. The number of halogens is 1. The van der Waals surface area contributed by atoms with Crippen LogP contribution in [0, 0.1) is 5.82 Å². The Hall–Kier alpha value is -3.85. The highest BCUT2D eigenvalue weighted by Gasteiger charge is 2.37. The van der Waals surface area contributed by atoms with Gasteiger partial charge in [0.15, 0.2) is 0 Å². The van der Waals surface area contributed by atoms with Crippen LogP contribution in [-0.2, 0) is 4.79 Å². The fourth-order valence-corrected chi connectivity index (χ4v) is 4.50. The second-order valence-corrected chi connectivity index (χ2v) is 8.56. The van der Waals surface area contributed by atoms with Crippen molar-refractivity contribution in [2.75, 3.05) is 29.6 Å². The van der Waals surface area contributed by atoms with Crippen LogP contribution in [0.1, 0.15) is 11.1 Å². The topological polar surface area (TPSA) is 83.0 Å². The highest BCUT2D eigenvalue weighted by atomic mass is 32.2. The van der Waals surface area contributed by atoms with E-state index < -0.39 is 23.9 Å². The lowest BCUT2D eigenvalue weighted by atomic mass is 9.99. The lowest BCUT2D eigenvalue weighted by Gasteiger charge is -2.31. The quantitative estimate of drug-likeness (QED) is 0.551. The van der Waals surface area contributed by atoms with Gasteiger partial charge in [-0.05, 0) is 42.7 Å². The minimum absolute atomic E-state index is 0.232. The van der Waals surface area contributed by atoms with Crippen molar-refractivity contribution in [3.05, 3.63) is 83.7 Å². The molecular weight excluding hydrogens is 455 g/mol. The number of nitrogens with one attached hydrogen (secondary N) is 2. The van der Waals surface area contributed by atoms with Gasteiger partial charge in [-0.3, -0.25) is 4.79 Å². The van der Waals surface area contributed by atoms with E-state index in [0.29, 0.717) is 35.8 Å². The van der Waals surface area contributed by atoms with E-state index in [1.165, 1.54) is 6.07 Å². The first-order chi connectivity index (χ1) is 16.5. The fourth-order valence-electron chi connectivity index (χ4n) is 4.04. The Labute approximate surface area is 200 Å². The van der Waals surface area contributed by atoms with Crippen LogP contribution in [0.4, 0.5) is 20.6 Å². The molecule has 3 aromatic carbocycles. The second kappa shape index (κ2) is 9.18. The molecule has 2 aliphatic heterocycles. The molecule has 0 saturated heterocycles. The molecule has 0 aromatic heterocycles. The number of para-hydroxylation sites is 1. The number of ether oxygens (including phenoxy) is 1. The number of anilines is 2. The number of benzene rings is 3. The Morgan fingerprint density at radius 1 is 1.12 bits per heavy atom. The van der Waals surface area contributed by atoms with Crippen molar-refractivity contribution in [3.63, 3.8) is 0 Å². The molecule has 172 valence electrons. The third kappa shape index (κ3) is 4.10. The van der Waals surface area contributed by atoms with Gasteiger partial charge in [0.05, 0.1) is 17.9 Å². The molecule has 0 fully saturated rings. The summed E-state index contributed by atoms with van der Waals surface area (Å²) in [7, 11) is 0. The van der Waals surface area contributed by atoms with Crippen LogP contribution < -0.4 is 20.3 Å². The smallest absolute Gasteiger partial charge is 0.321 e. The van der Waals surface area contributed by atoms with E-state index >= 15 is 0 Å². The summed E-state index contributed by atoms with van der Waals surface area (Å²) in [5.74, 6) is -0.384. The van der Waals surface area contributed by atoms with Crippen molar-refractivity contribution < 1.29 is 18.7 Å². The molecule has 5 rings (SSSR count). The molecule has 9 heteroatoms. The number of carbonyl (C=O) groups is 2. The molecule has 2 heterocycles. The average Bonchev–Trinajstić information content (AvgIpc) is 2.96. The highest BCUT2D eigenvalue weighted by Crippen LogP contribution is 2.38. The minimum Gasteiger partial charge on any atom is -0.490 e. The predicted molar refractivity (Wildman–Crippen MR) is 130 cm³/mol. The molecule has 0 saturated carbocycles. The van der Waals surface area contributed by atoms with E-state index in [-0.39, 0.29) is 11.3 Å². The summed E-state index contributed by atoms with van der Waals surface area (Å²) >= 11 is 1.55. The molecule has 3 amide bonds. The molecule has 7 nitrogen and oxygen atoms in total. The number of hydrogen-bond acceptors (Lipinski definition) is 5. The van der Waals surface area contributed by atoms with Crippen molar-refractivity contribution in [2.45, 2.75) is 11.1 Å². The van der Waals surface area contributed by atoms with E-state index in [1.807, 2.05) is 24.5 Å². The standard InChI is InChI=1S/C25H21FN4O3S/c1-34-16-7-4-6-15(14-16)27-25(32)29-23-24(31)30-12-13-33-20-11-5-9-18(22(20)30)21(28-23)17-8-2-3-10-19(17)26/h2-11,14,23H,12-13H2,1H3,(H2,27,29,32). The van der Waals surface area contributed by atoms with Crippen molar-refractivity contribution in [1.29, 1.82) is 0 Å². The third-order valence-corrected chi connectivity index (χ3v) is 6.30. The highest BCUT2D eigenvalue weighted by molar-refractivity contribution is 7.98. The molecule has 2 N–H and O–H groups in total. The maximum absolute atomic E-state index is 14.8. The molecule has 0 radical (unpaired) electrons. The van der Waals surface area contributed by atoms with Gasteiger partial charge in [0.25, 0.3) is 5.91 Å². The molecule has 1 unspecified atom stereocenters. The number of carbonyl (C=O) groups excluding carboxylic acids is 2. The number of thioether (sulfide) groups is 1. The van der Waals surface area contributed by atoms with Crippen molar-refractivity contribution >= 4 is 40.8 Å². The molecule has 3 aromatic rings. The van der Waals surface area contributed by atoms with Gasteiger partial charge in [0.2, 0.25) is 6.17 Å². The zero-order valence-electron chi connectivity index (χ0n) is 18.2. The maximum Gasteiger partial charge on any atom is 0.321 e. The van der Waals surface area contributed by atoms with E-state index in [1.54, 1.807) is 59.1 Å². The van der Waals surface area contributed by atoms with Gasteiger partial charge in [-0.15, -0.1) is 11.8 Å². The molecule has 2 aliphatic rings. The summed E-state index contributed by atoms with van der Waals surface area (Å²) in [6, 6.07) is 18.3. The molecule has 0 bridgehead atoms. The second-order valence-electron chi connectivity index (χ2n) is 7.68. The van der Waals surface area contributed by atoms with Crippen LogP contribution in [0.15, 0.2) is 76.6 Å². The lowest BCUT2D eigenvalue weighted by Crippen LogP contribution is -2.50. The lowest BCUT2D eigenvalue weighted by molar-refractivity contribution is -0.120. The van der Waals surface area contributed by atoms with Crippen LogP contribution >= 0.6 is 11.8 Å². The Morgan fingerprint density at radius 2 is 1.91 bits per heavy atom. The summed E-state index contributed by atoms with van der Waals surface area (Å²) in [4.78, 5) is 33.4. The summed E-state index contributed by atoms with van der Waals surface area (Å²) in [6.45, 7) is 0.593. The number of rotatable bonds is 4. The average molecular weight is 477 g/mol. The molecule has 34 heavy (non-hydrogen) atoms. The van der Waals surface area contributed by atoms with Crippen LogP contribution in [0.25, 0.3) is 0 Å². The zero-order chi connectivity index (χ0) is 23.7. The first kappa shape index (κ1) is 22.0. The zero-order valence-corrected chi connectivity index (χ0v) is 19.1. The fraction of sp³-hybridized carbons (Fsp3) is 0.160. The van der Waals surface area contributed by atoms with Gasteiger partial charge >= 0.3 is 6.03 Å². The van der Waals surface area contributed by atoms with E-state index in [0.717, 1.165) is 4.90 Å². The molecule has 1 atom stereocenters. The number of urea groups is 1. The summed E-state index contributed by atoms with van der Waals surface area (Å²) in [5.41, 5.74) is 2.17. The molecule has 0 spiro atoms. The van der Waals surface area contributed by atoms with Crippen LogP contribution in [0.3, 0.4) is 0 Å². The maximum atomic E-state index is 14.8. The SMILES string of the molecule is CSc1cccc(NC(=O)NC2N=C(c3ccccc3F)c3cccc4c3N(CCO4)C2=O)c1. The van der Waals surface area contributed by atoms with Gasteiger partial charge in [-0.25, -0.2) is 14.2 Å². The van der Waals surface area contributed by atoms with E-state index in [4.69, 9.17) is 4.74 Å². The summed E-state index contributed by atoms with van der Waals surface area (Å²) < 4.78 is 20.6. The number of aliphatic imine (C=N–C) groups is 1. The number of amides is 3. The minimum atomic E-state index is -1.25. The Kier molecular flexibility index (Phi) is 5.93. The third-order valence-electron chi connectivity index (χ3n) is 5.58. The van der Waals surface area contributed by atoms with Crippen molar-refractivity contribution in [2.24, 2.45) is 4.99 Å². The van der Waals surface area contributed by atoms with E-state index in [2.05, 4.69) is 15.6 Å². The Bertz CT molecular complexity index is 1310. The van der Waals surface area contributed by atoms with Crippen molar-refractivity contribution in [1.82, 2.24) is 5.32 Å². The van der Waals surface area contributed by atoms with Crippen molar-refractivity contribution in [3.8, 4) is 5.75 Å². The van der Waals surface area contributed by atoms with Gasteiger partial charge in [-0.2, -0.15) is 0 Å². The first-order valence-corrected chi connectivity index (χ1v) is 11.9. The normalized spacial score (nSPS) is 16.6. The number of hydrogen-bond donors (Lipinski definition) is 2. The first-order valence-electron chi connectivity index (χ1n) is 10.7. The monoisotopic (exact) mass is 476 g/mol. The summed E-state index contributed by atoms with van der Waals surface area (Å²) in [6.07, 6.45) is 0.688. The predicted octanol–water partition coefficient (Wildman–Crippen LogP) is 4.27. The van der Waals surface area contributed by atoms with Gasteiger partial charge < -0.3 is 20.3 Å². The van der Waals surface area contributed by atoms with Crippen LogP contribution in [0.2, 0.25) is 0 Å².